The summed E-state index contributed by atoms with van der Waals surface area (Å²) < 4.78 is 11.2. The second-order valence-electron chi connectivity index (χ2n) is 7.15. The Bertz CT molecular complexity index is 1040. The van der Waals surface area contributed by atoms with Crippen molar-refractivity contribution < 1.29 is 19.1 Å². The summed E-state index contributed by atoms with van der Waals surface area (Å²) in [4.78, 5) is 26.7. The number of nitriles is 1. The zero-order valence-electron chi connectivity index (χ0n) is 17.0. The maximum absolute atomic E-state index is 12.8. The second kappa shape index (κ2) is 9.51. The summed E-state index contributed by atoms with van der Waals surface area (Å²) in [6.07, 6.45) is 1.66. The minimum Gasteiger partial charge on any atom is -0.493 e. The van der Waals surface area contributed by atoms with E-state index >= 15 is 0 Å². The molecule has 2 amide bonds. The number of benzene rings is 2. The van der Waals surface area contributed by atoms with Crippen molar-refractivity contribution in [2.45, 2.75) is 20.4 Å². The fourth-order valence-corrected chi connectivity index (χ4v) is 3.71. The minimum atomic E-state index is -0.378. The fraction of sp³-hybridized carbons (Fsp3) is 0.261. The summed E-state index contributed by atoms with van der Waals surface area (Å²) in [5.41, 5.74) is 1.81. The maximum Gasteiger partial charge on any atom is 0.293 e. The SMILES string of the molecule is COc1cc(/C=C2\SC(=O)N(Cc3ccccc3C#N)C2=O)ccc1OCC(C)C. The normalized spacial score (nSPS) is 15.0. The van der Waals surface area contributed by atoms with E-state index < -0.39 is 0 Å². The topological polar surface area (TPSA) is 79.6 Å². The van der Waals surface area contributed by atoms with Gasteiger partial charge in [-0.05, 0) is 53.1 Å². The van der Waals surface area contributed by atoms with Gasteiger partial charge in [0.25, 0.3) is 11.1 Å². The highest BCUT2D eigenvalue weighted by atomic mass is 32.2. The quantitative estimate of drug-likeness (QED) is 0.594. The van der Waals surface area contributed by atoms with Gasteiger partial charge < -0.3 is 9.47 Å². The number of carbonyl (C=O) groups excluding carboxylic acids is 2. The summed E-state index contributed by atoms with van der Waals surface area (Å²) in [7, 11) is 1.56. The van der Waals surface area contributed by atoms with Gasteiger partial charge in [0.15, 0.2) is 11.5 Å². The van der Waals surface area contributed by atoms with Crippen LogP contribution in [0.25, 0.3) is 6.08 Å². The summed E-state index contributed by atoms with van der Waals surface area (Å²) in [5, 5.41) is 8.88. The van der Waals surface area contributed by atoms with Crippen LogP contribution in [0.5, 0.6) is 11.5 Å². The van der Waals surface area contributed by atoms with Crippen molar-refractivity contribution in [2.75, 3.05) is 13.7 Å². The van der Waals surface area contributed by atoms with Crippen LogP contribution in [0, 0.1) is 17.2 Å². The van der Waals surface area contributed by atoms with E-state index in [0.717, 1.165) is 22.2 Å². The lowest BCUT2D eigenvalue weighted by atomic mass is 10.1. The van der Waals surface area contributed by atoms with E-state index in [9.17, 15) is 14.9 Å². The Labute approximate surface area is 180 Å². The largest absolute Gasteiger partial charge is 0.493 e. The average Bonchev–Trinajstić information content (AvgIpc) is 3.00. The Morgan fingerprint density at radius 1 is 1.17 bits per heavy atom. The summed E-state index contributed by atoms with van der Waals surface area (Å²) >= 11 is 0.885. The van der Waals surface area contributed by atoms with Crippen LogP contribution >= 0.6 is 11.8 Å². The Hall–Kier alpha value is -3.24. The Balaban J connectivity index is 1.80. The van der Waals surface area contributed by atoms with Crippen LogP contribution in [-0.2, 0) is 11.3 Å². The van der Waals surface area contributed by atoms with Gasteiger partial charge in [-0.25, -0.2) is 0 Å². The zero-order valence-corrected chi connectivity index (χ0v) is 17.9. The zero-order chi connectivity index (χ0) is 21.7. The van der Waals surface area contributed by atoms with Gasteiger partial charge >= 0.3 is 0 Å². The fourth-order valence-electron chi connectivity index (χ4n) is 2.87. The second-order valence-corrected chi connectivity index (χ2v) is 8.15. The molecule has 1 saturated heterocycles. The lowest BCUT2D eigenvalue weighted by Gasteiger charge is -2.13. The van der Waals surface area contributed by atoms with Crippen LogP contribution < -0.4 is 9.47 Å². The summed E-state index contributed by atoms with van der Waals surface area (Å²) in [6.45, 7) is 4.76. The highest BCUT2D eigenvalue weighted by Gasteiger charge is 2.35. The first kappa shape index (κ1) is 21.5. The van der Waals surface area contributed by atoms with Gasteiger partial charge in [0, 0.05) is 0 Å². The summed E-state index contributed by atoms with van der Waals surface area (Å²) in [6, 6.07) is 14.4. The number of carbonyl (C=O) groups is 2. The molecule has 6 nitrogen and oxygen atoms in total. The lowest BCUT2D eigenvalue weighted by Crippen LogP contribution is -2.27. The third-order valence-electron chi connectivity index (χ3n) is 4.40. The molecule has 7 heteroatoms. The highest BCUT2D eigenvalue weighted by molar-refractivity contribution is 8.18. The predicted octanol–water partition coefficient (Wildman–Crippen LogP) is 4.84. The molecule has 1 aliphatic rings. The van der Waals surface area contributed by atoms with Crippen molar-refractivity contribution in [3.63, 3.8) is 0 Å². The first-order valence-corrected chi connectivity index (χ1v) is 10.3. The van der Waals surface area contributed by atoms with Crippen LogP contribution in [-0.4, -0.2) is 29.8 Å². The molecule has 1 heterocycles. The number of hydrogen-bond acceptors (Lipinski definition) is 6. The standard InChI is InChI=1S/C23H22N2O4S/c1-15(2)14-29-19-9-8-16(10-20(19)28-3)11-21-22(26)25(23(27)30-21)13-18-7-5-4-6-17(18)12-24/h4-11,15H,13-14H2,1-3H3/b21-11-. The highest BCUT2D eigenvalue weighted by Crippen LogP contribution is 2.35. The van der Waals surface area contributed by atoms with Crippen LogP contribution in [0.3, 0.4) is 0 Å². The molecule has 0 bridgehead atoms. The van der Waals surface area contributed by atoms with E-state index in [0.29, 0.717) is 40.1 Å². The Morgan fingerprint density at radius 3 is 2.63 bits per heavy atom. The summed E-state index contributed by atoms with van der Waals surface area (Å²) in [5.74, 6) is 1.19. The van der Waals surface area contributed by atoms with Crippen molar-refractivity contribution >= 4 is 29.0 Å². The maximum atomic E-state index is 12.8. The first-order valence-electron chi connectivity index (χ1n) is 9.47. The van der Waals surface area contributed by atoms with Crippen LogP contribution in [0.15, 0.2) is 47.4 Å². The molecule has 0 aliphatic carbocycles. The molecule has 0 N–H and O–H groups in total. The van der Waals surface area contributed by atoms with Gasteiger partial charge in [0.2, 0.25) is 0 Å². The number of amides is 2. The molecule has 0 radical (unpaired) electrons. The van der Waals surface area contributed by atoms with E-state index in [1.165, 1.54) is 0 Å². The number of rotatable bonds is 7. The van der Waals surface area contributed by atoms with Gasteiger partial charge in [-0.1, -0.05) is 38.1 Å². The van der Waals surface area contributed by atoms with Gasteiger partial charge in [-0.3, -0.25) is 14.5 Å². The van der Waals surface area contributed by atoms with Crippen molar-refractivity contribution in [1.29, 1.82) is 5.26 Å². The van der Waals surface area contributed by atoms with E-state index in [1.54, 1.807) is 49.6 Å². The monoisotopic (exact) mass is 422 g/mol. The Kier molecular flexibility index (Phi) is 6.80. The molecule has 0 unspecified atom stereocenters. The number of nitrogens with zero attached hydrogens (tertiary/aromatic N) is 2. The van der Waals surface area contributed by atoms with Gasteiger partial charge in [-0.2, -0.15) is 5.26 Å². The molecule has 2 aromatic rings. The molecule has 0 aromatic heterocycles. The molecule has 0 spiro atoms. The van der Waals surface area contributed by atoms with E-state index in [-0.39, 0.29) is 17.7 Å². The number of ether oxygens (including phenoxy) is 2. The van der Waals surface area contributed by atoms with Gasteiger partial charge in [0.05, 0.1) is 36.8 Å². The molecule has 2 aromatic carbocycles. The molecule has 3 rings (SSSR count). The smallest absolute Gasteiger partial charge is 0.293 e. The van der Waals surface area contributed by atoms with Crippen molar-refractivity contribution in [1.82, 2.24) is 4.90 Å². The predicted molar refractivity (Wildman–Crippen MR) is 116 cm³/mol. The molecule has 1 aliphatic heterocycles. The first-order chi connectivity index (χ1) is 14.4. The van der Waals surface area contributed by atoms with Crippen molar-refractivity contribution in [2.24, 2.45) is 5.92 Å². The number of thioether (sulfide) groups is 1. The van der Waals surface area contributed by atoms with Gasteiger partial charge in [-0.15, -0.1) is 0 Å². The molecule has 154 valence electrons. The van der Waals surface area contributed by atoms with E-state index in [1.807, 2.05) is 6.07 Å². The number of hydrogen-bond donors (Lipinski definition) is 0. The Morgan fingerprint density at radius 2 is 1.93 bits per heavy atom. The number of imide groups is 1. The average molecular weight is 423 g/mol. The number of methoxy groups -OCH3 is 1. The van der Waals surface area contributed by atoms with Crippen LogP contribution in [0.1, 0.15) is 30.5 Å². The minimum absolute atomic E-state index is 0.0665. The lowest BCUT2D eigenvalue weighted by molar-refractivity contribution is -0.123. The van der Waals surface area contributed by atoms with Crippen LogP contribution in [0.4, 0.5) is 4.79 Å². The molecule has 1 fully saturated rings. The third-order valence-corrected chi connectivity index (χ3v) is 5.30. The molecular weight excluding hydrogens is 400 g/mol. The molecular formula is C23H22N2O4S. The van der Waals surface area contributed by atoms with Crippen LogP contribution in [0.2, 0.25) is 0 Å². The van der Waals surface area contributed by atoms with Gasteiger partial charge in [0.1, 0.15) is 0 Å². The van der Waals surface area contributed by atoms with E-state index in [2.05, 4.69) is 19.9 Å². The van der Waals surface area contributed by atoms with E-state index in [4.69, 9.17) is 9.47 Å². The molecule has 0 atom stereocenters. The molecule has 0 saturated carbocycles. The molecule has 30 heavy (non-hydrogen) atoms. The third kappa shape index (κ3) is 4.84. The van der Waals surface area contributed by atoms with Crippen molar-refractivity contribution in [3.8, 4) is 17.6 Å². The van der Waals surface area contributed by atoms with Crippen molar-refractivity contribution in [3.05, 3.63) is 64.1 Å².